The van der Waals surface area contributed by atoms with Gasteiger partial charge in [0, 0.05) is 25.7 Å². The maximum Gasteiger partial charge on any atom is 0.327 e. The Labute approximate surface area is 127 Å². The molecule has 0 spiro atoms. The molecule has 0 aromatic carbocycles. The van der Waals surface area contributed by atoms with Crippen LogP contribution in [-0.4, -0.2) is 61.4 Å². The molecule has 2 saturated carbocycles. The molecule has 0 amide bonds. The Morgan fingerprint density at radius 3 is 2.33 bits per heavy atom. The minimum absolute atomic E-state index is 0.0799. The van der Waals surface area contributed by atoms with Crippen LogP contribution in [0.1, 0.15) is 39.5 Å². The summed E-state index contributed by atoms with van der Waals surface area (Å²) in [6, 6.07) is 0.501. The second-order valence-corrected chi connectivity index (χ2v) is 7.11. The van der Waals surface area contributed by atoms with Crippen LogP contribution >= 0.6 is 0 Å². The quantitative estimate of drug-likeness (QED) is 0.746. The number of ether oxygens (including phenoxy) is 2. The SMILES string of the molecule is COC(=O)C(CN1C[C@@H](C)O[C@@H](C)C1)(NC1CC1)C1CC1. The van der Waals surface area contributed by atoms with Gasteiger partial charge in [-0.05, 0) is 45.4 Å². The van der Waals surface area contributed by atoms with E-state index in [9.17, 15) is 4.79 Å². The Morgan fingerprint density at radius 1 is 1.24 bits per heavy atom. The van der Waals surface area contributed by atoms with Crippen molar-refractivity contribution in [3.8, 4) is 0 Å². The average Bonchev–Trinajstić information content (AvgIpc) is 3.27. The molecule has 0 radical (unpaired) electrons. The number of carbonyl (C=O) groups is 1. The van der Waals surface area contributed by atoms with Crippen molar-refractivity contribution < 1.29 is 14.3 Å². The Bertz CT molecular complexity index is 385. The van der Waals surface area contributed by atoms with Crippen LogP contribution in [0.15, 0.2) is 0 Å². The molecule has 5 heteroatoms. The van der Waals surface area contributed by atoms with Gasteiger partial charge in [0.25, 0.3) is 0 Å². The number of hydrogen-bond donors (Lipinski definition) is 1. The van der Waals surface area contributed by atoms with E-state index in [-0.39, 0.29) is 18.2 Å². The standard InChI is InChI=1S/C16H28N2O3/c1-11-8-18(9-12(2)21-11)10-16(13-4-5-13,15(19)20-3)17-14-6-7-14/h11-14,17H,4-10H2,1-3H3/t11-,12+,16?. The molecular formula is C16H28N2O3. The Hall–Kier alpha value is -0.650. The van der Waals surface area contributed by atoms with Crippen molar-refractivity contribution in [3.05, 3.63) is 0 Å². The molecule has 5 nitrogen and oxygen atoms in total. The second-order valence-electron chi connectivity index (χ2n) is 7.11. The number of nitrogens with one attached hydrogen (secondary N) is 1. The molecule has 120 valence electrons. The van der Waals surface area contributed by atoms with Crippen molar-refractivity contribution in [3.63, 3.8) is 0 Å². The van der Waals surface area contributed by atoms with E-state index >= 15 is 0 Å². The third kappa shape index (κ3) is 3.41. The van der Waals surface area contributed by atoms with Gasteiger partial charge in [-0.2, -0.15) is 0 Å². The Morgan fingerprint density at radius 2 is 1.86 bits per heavy atom. The average molecular weight is 296 g/mol. The summed E-state index contributed by atoms with van der Waals surface area (Å²) in [5, 5.41) is 3.64. The van der Waals surface area contributed by atoms with Crippen molar-refractivity contribution in [1.29, 1.82) is 0 Å². The van der Waals surface area contributed by atoms with Gasteiger partial charge in [-0.25, -0.2) is 4.79 Å². The molecule has 3 aliphatic rings. The molecule has 1 aliphatic heterocycles. The van der Waals surface area contributed by atoms with Crippen LogP contribution in [0.5, 0.6) is 0 Å². The summed E-state index contributed by atoms with van der Waals surface area (Å²) in [4.78, 5) is 15.0. The monoisotopic (exact) mass is 296 g/mol. The third-order valence-electron chi connectivity index (χ3n) is 4.83. The van der Waals surface area contributed by atoms with Gasteiger partial charge in [0.15, 0.2) is 0 Å². The fraction of sp³-hybridized carbons (Fsp3) is 0.938. The lowest BCUT2D eigenvalue weighted by molar-refractivity contribution is -0.153. The molecule has 0 bridgehead atoms. The Balaban J connectivity index is 1.75. The first-order valence-corrected chi connectivity index (χ1v) is 8.27. The molecule has 0 aromatic rings. The summed E-state index contributed by atoms with van der Waals surface area (Å²) in [5.41, 5.74) is -0.507. The van der Waals surface area contributed by atoms with Gasteiger partial charge in [0.1, 0.15) is 5.54 Å². The van der Waals surface area contributed by atoms with Gasteiger partial charge in [0.2, 0.25) is 0 Å². The maximum absolute atomic E-state index is 12.6. The summed E-state index contributed by atoms with van der Waals surface area (Å²) in [6.07, 6.45) is 5.07. The van der Waals surface area contributed by atoms with Crippen LogP contribution in [-0.2, 0) is 14.3 Å². The van der Waals surface area contributed by atoms with Gasteiger partial charge >= 0.3 is 5.97 Å². The highest BCUT2D eigenvalue weighted by Crippen LogP contribution is 2.43. The Kier molecular flexibility index (Phi) is 4.26. The zero-order valence-electron chi connectivity index (χ0n) is 13.4. The largest absolute Gasteiger partial charge is 0.468 e. The second kappa shape index (κ2) is 5.86. The summed E-state index contributed by atoms with van der Waals surface area (Å²) >= 11 is 0. The van der Waals surface area contributed by atoms with Crippen molar-refractivity contribution >= 4 is 5.97 Å². The van der Waals surface area contributed by atoms with E-state index in [1.807, 2.05) is 0 Å². The van der Waals surface area contributed by atoms with E-state index < -0.39 is 5.54 Å². The molecule has 1 unspecified atom stereocenters. The molecule has 2 aliphatic carbocycles. The molecule has 3 fully saturated rings. The molecule has 21 heavy (non-hydrogen) atoms. The van der Waals surface area contributed by atoms with Crippen LogP contribution < -0.4 is 5.32 Å². The van der Waals surface area contributed by atoms with Gasteiger partial charge in [0.05, 0.1) is 19.3 Å². The van der Waals surface area contributed by atoms with Crippen molar-refractivity contribution in [2.45, 2.75) is 63.3 Å². The lowest BCUT2D eigenvalue weighted by atomic mass is 9.91. The maximum atomic E-state index is 12.6. The van der Waals surface area contributed by atoms with E-state index in [4.69, 9.17) is 9.47 Å². The third-order valence-corrected chi connectivity index (χ3v) is 4.83. The van der Waals surface area contributed by atoms with Crippen molar-refractivity contribution in [2.75, 3.05) is 26.7 Å². The van der Waals surface area contributed by atoms with E-state index in [1.54, 1.807) is 0 Å². The molecule has 3 rings (SSSR count). The van der Waals surface area contributed by atoms with Gasteiger partial charge < -0.3 is 9.47 Å². The highest BCUT2D eigenvalue weighted by Gasteiger charge is 2.54. The number of rotatable bonds is 6. The minimum atomic E-state index is -0.507. The molecule has 1 saturated heterocycles. The highest BCUT2D eigenvalue weighted by atomic mass is 16.5. The number of carbonyl (C=O) groups excluding carboxylic acids is 1. The van der Waals surface area contributed by atoms with Crippen LogP contribution in [0.3, 0.4) is 0 Å². The first-order valence-electron chi connectivity index (χ1n) is 8.27. The zero-order chi connectivity index (χ0) is 15.0. The summed E-state index contributed by atoms with van der Waals surface area (Å²) in [6.45, 7) is 6.74. The van der Waals surface area contributed by atoms with E-state index in [1.165, 1.54) is 20.0 Å². The number of morpholine rings is 1. The van der Waals surface area contributed by atoms with E-state index in [0.717, 1.165) is 32.5 Å². The van der Waals surface area contributed by atoms with E-state index in [2.05, 4.69) is 24.1 Å². The summed E-state index contributed by atoms with van der Waals surface area (Å²) in [7, 11) is 1.51. The summed E-state index contributed by atoms with van der Waals surface area (Å²) in [5.74, 6) is 0.350. The fourth-order valence-corrected chi connectivity index (χ4v) is 3.70. The minimum Gasteiger partial charge on any atom is -0.468 e. The summed E-state index contributed by atoms with van der Waals surface area (Å²) < 4.78 is 11.0. The first-order chi connectivity index (χ1) is 10.0. The molecular weight excluding hydrogens is 268 g/mol. The topological polar surface area (TPSA) is 50.8 Å². The van der Waals surface area contributed by atoms with Gasteiger partial charge in [-0.3, -0.25) is 10.2 Å². The van der Waals surface area contributed by atoms with Crippen LogP contribution in [0.4, 0.5) is 0 Å². The van der Waals surface area contributed by atoms with Crippen molar-refractivity contribution in [2.24, 2.45) is 5.92 Å². The lowest BCUT2D eigenvalue weighted by Crippen LogP contribution is -2.63. The smallest absolute Gasteiger partial charge is 0.327 e. The fourth-order valence-electron chi connectivity index (χ4n) is 3.70. The molecule has 0 aromatic heterocycles. The first kappa shape index (κ1) is 15.3. The molecule has 3 atom stereocenters. The number of nitrogens with zero attached hydrogens (tertiary/aromatic N) is 1. The predicted octanol–water partition coefficient (Wildman–Crippen LogP) is 1.17. The molecule has 1 N–H and O–H groups in total. The molecule has 1 heterocycles. The zero-order valence-corrected chi connectivity index (χ0v) is 13.4. The van der Waals surface area contributed by atoms with Crippen LogP contribution in [0.25, 0.3) is 0 Å². The number of esters is 1. The van der Waals surface area contributed by atoms with Gasteiger partial charge in [-0.15, -0.1) is 0 Å². The van der Waals surface area contributed by atoms with Crippen LogP contribution in [0.2, 0.25) is 0 Å². The number of methoxy groups -OCH3 is 1. The van der Waals surface area contributed by atoms with E-state index in [0.29, 0.717) is 12.0 Å². The number of hydrogen-bond acceptors (Lipinski definition) is 5. The lowest BCUT2D eigenvalue weighted by Gasteiger charge is -2.42. The predicted molar refractivity (Wildman–Crippen MR) is 80.1 cm³/mol. The highest BCUT2D eigenvalue weighted by molar-refractivity contribution is 5.82. The van der Waals surface area contributed by atoms with Crippen LogP contribution in [0, 0.1) is 5.92 Å². The normalized spacial score (nSPS) is 33.5. The van der Waals surface area contributed by atoms with Gasteiger partial charge in [-0.1, -0.05) is 0 Å². The van der Waals surface area contributed by atoms with Crippen molar-refractivity contribution in [1.82, 2.24) is 10.2 Å².